The van der Waals surface area contributed by atoms with Crippen molar-refractivity contribution in [2.75, 3.05) is 12.3 Å². The second-order valence-corrected chi connectivity index (χ2v) is 8.96. The molecule has 0 aliphatic carbocycles. The number of amides is 1. The zero-order valence-electron chi connectivity index (χ0n) is 13.3. The second-order valence-electron chi connectivity index (χ2n) is 5.30. The molecule has 1 N–H and O–H groups in total. The van der Waals surface area contributed by atoms with Crippen LogP contribution in [0.25, 0.3) is 10.9 Å². The van der Waals surface area contributed by atoms with Crippen LogP contribution in [0.2, 0.25) is 0 Å². The average molecular weight is 438 g/mol. The summed E-state index contributed by atoms with van der Waals surface area (Å²) in [6.07, 6.45) is 1.42. The van der Waals surface area contributed by atoms with Gasteiger partial charge in [-0.3, -0.25) is 14.2 Å². The summed E-state index contributed by atoms with van der Waals surface area (Å²) in [5, 5.41) is 3.37. The third-order valence-corrected chi connectivity index (χ3v) is 6.30. The van der Waals surface area contributed by atoms with Gasteiger partial charge >= 0.3 is 0 Å². The largest absolute Gasteiger partial charge is 0.354 e. The Bertz CT molecular complexity index is 939. The van der Waals surface area contributed by atoms with Gasteiger partial charge in [0.05, 0.1) is 21.0 Å². The molecule has 25 heavy (non-hydrogen) atoms. The number of fused-ring (bicyclic) bond motifs is 1. The third kappa shape index (κ3) is 4.93. The van der Waals surface area contributed by atoms with Gasteiger partial charge in [-0.1, -0.05) is 12.1 Å². The molecule has 3 aromatic rings. The van der Waals surface area contributed by atoms with E-state index in [-0.39, 0.29) is 18.0 Å². The van der Waals surface area contributed by atoms with Crippen molar-refractivity contribution in [3.8, 4) is 0 Å². The zero-order chi connectivity index (χ0) is 17.6. The molecule has 0 unspecified atom stereocenters. The SMILES string of the molecule is O=C(Cn1cnc2ccccc2c1=O)NCCSCc1ccc(Br)s1. The Kier molecular flexibility index (Phi) is 6.28. The van der Waals surface area contributed by atoms with Crippen LogP contribution < -0.4 is 10.9 Å². The highest BCUT2D eigenvalue weighted by Gasteiger charge is 2.07. The lowest BCUT2D eigenvalue weighted by Gasteiger charge is -2.07. The van der Waals surface area contributed by atoms with Crippen LogP contribution in [0.3, 0.4) is 0 Å². The average Bonchev–Trinajstić information content (AvgIpc) is 3.02. The summed E-state index contributed by atoms with van der Waals surface area (Å²) >= 11 is 6.93. The number of rotatable bonds is 7. The van der Waals surface area contributed by atoms with E-state index in [1.54, 1.807) is 41.3 Å². The molecule has 5 nitrogen and oxygen atoms in total. The smallest absolute Gasteiger partial charge is 0.261 e. The summed E-state index contributed by atoms with van der Waals surface area (Å²) in [6, 6.07) is 11.3. The van der Waals surface area contributed by atoms with Gasteiger partial charge in [0.25, 0.3) is 5.56 Å². The van der Waals surface area contributed by atoms with Crippen molar-refractivity contribution >= 4 is 55.8 Å². The number of carbonyl (C=O) groups is 1. The summed E-state index contributed by atoms with van der Waals surface area (Å²) in [5.41, 5.74) is 0.444. The van der Waals surface area contributed by atoms with Gasteiger partial charge in [-0.05, 0) is 40.2 Å². The highest BCUT2D eigenvalue weighted by atomic mass is 79.9. The van der Waals surface area contributed by atoms with Crippen LogP contribution in [-0.4, -0.2) is 27.8 Å². The van der Waals surface area contributed by atoms with Crippen LogP contribution in [0, 0.1) is 0 Å². The van der Waals surface area contributed by atoms with Crippen LogP contribution >= 0.6 is 39.0 Å². The lowest BCUT2D eigenvalue weighted by molar-refractivity contribution is -0.121. The maximum absolute atomic E-state index is 12.3. The van der Waals surface area contributed by atoms with Crippen molar-refractivity contribution in [1.82, 2.24) is 14.9 Å². The molecular formula is C17H16BrN3O2S2. The first-order valence-corrected chi connectivity index (χ1v) is 10.4. The number of thioether (sulfide) groups is 1. The maximum atomic E-state index is 12.3. The fourth-order valence-corrected chi connectivity index (χ4v) is 4.75. The number of para-hydroxylation sites is 1. The van der Waals surface area contributed by atoms with E-state index < -0.39 is 0 Å². The van der Waals surface area contributed by atoms with Gasteiger partial charge in [-0.15, -0.1) is 11.3 Å². The molecule has 3 rings (SSSR count). The molecule has 8 heteroatoms. The summed E-state index contributed by atoms with van der Waals surface area (Å²) in [5.74, 6) is 1.57. The predicted octanol–water partition coefficient (Wildman–Crippen LogP) is 3.27. The van der Waals surface area contributed by atoms with Crippen LogP contribution in [0.1, 0.15) is 4.88 Å². The van der Waals surface area contributed by atoms with E-state index in [0.29, 0.717) is 17.4 Å². The number of thiophene rings is 1. The van der Waals surface area contributed by atoms with E-state index in [2.05, 4.69) is 32.3 Å². The third-order valence-electron chi connectivity index (χ3n) is 3.49. The minimum atomic E-state index is -0.196. The quantitative estimate of drug-likeness (QED) is 0.576. The Balaban J connectivity index is 1.46. The number of hydrogen-bond acceptors (Lipinski definition) is 5. The number of nitrogens with one attached hydrogen (secondary N) is 1. The minimum Gasteiger partial charge on any atom is -0.354 e. The van der Waals surface area contributed by atoms with Gasteiger partial charge in [0.2, 0.25) is 5.91 Å². The first-order valence-electron chi connectivity index (χ1n) is 7.66. The van der Waals surface area contributed by atoms with Gasteiger partial charge in [-0.25, -0.2) is 4.98 Å². The zero-order valence-corrected chi connectivity index (χ0v) is 16.5. The van der Waals surface area contributed by atoms with Crippen molar-refractivity contribution in [3.05, 3.63) is 61.7 Å². The number of carbonyl (C=O) groups excluding carboxylic acids is 1. The minimum absolute atomic E-state index is 0.0147. The number of benzene rings is 1. The Morgan fingerprint density at radius 1 is 1.28 bits per heavy atom. The van der Waals surface area contributed by atoms with Crippen molar-refractivity contribution in [2.24, 2.45) is 0 Å². The summed E-state index contributed by atoms with van der Waals surface area (Å²) in [6.45, 7) is 0.561. The van der Waals surface area contributed by atoms with E-state index >= 15 is 0 Å². The van der Waals surface area contributed by atoms with Gasteiger partial charge in [-0.2, -0.15) is 11.8 Å². The van der Waals surface area contributed by atoms with Gasteiger partial charge in [0.15, 0.2) is 0 Å². The molecule has 0 aliphatic heterocycles. The monoisotopic (exact) mass is 437 g/mol. The molecule has 0 spiro atoms. The van der Waals surface area contributed by atoms with E-state index in [1.807, 2.05) is 12.1 Å². The van der Waals surface area contributed by atoms with Crippen LogP contribution in [-0.2, 0) is 17.1 Å². The van der Waals surface area contributed by atoms with Crippen LogP contribution in [0.5, 0.6) is 0 Å². The number of nitrogens with zero attached hydrogens (tertiary/aromatic N) is 2. The number of aromatic nitrogens is 2. The van der Waals surface area contributed by atoms with Gasteiger partial charge in [0, 0.05) is 22.9 Å². The topological polar surface area (TPSA) is 64.0 Å². The Labute approximate surface area is 161 Å². The molecule has 2 heterocycles. The predicted molar refractivity (Wildman–Crippen MR) is 107 cm³/mol. The molecule has 0 radical (unpaired) electrons. The fourth-order valence-electron chi connectivity index (χ4n) is 2.29. The lowest BCUT2D eigenvalue weighted by Crippen LogP contribution is -2.33. The molecule has 1 amide bonds. The highest BCUT2D eigenvalue weighted by molar-refractivity contribution is 9.11. The first-order chi connectivity index (χ1) is 12.1. The maximum Gasteiger partial charge on any atom is 0.261 e. The Morgan fingerprint density at radius 3 is 2.92 bits per heavy atom. The molecule has 1 aromatic carbocycles. The Morgan fingerprint density at radius 2 is 2.12 bits per heavy atom. The lowest BCUT2D eigenvalue weighted by atomic mass is 10.2. The molecule has 130 valence electrons. The van der Waals surface area contributed by atoms with E-state index in [1.165, 1.54) is 15.8 Å². The highest BCUT2D eigenvalue weighted by Crippen LogP contribution is 2.25. The van der Waals surface area contributed by atoms with Crippen molar-refractivity contribution in [1.29, 1.82) is 0 Å². The molecule has 0 saturated heterocycles. The molecular weight excluding hydrogens is 422 g/mol. The Hall–Kier alpha value is -1.64. The van der Waals surface area contributed by atoms with Crippen LogP contribution in [0.4, 0.5) is 0 Å². The summed E-state index contributed by atoms with van der Waals surface area (Å²) in [4.78, 5) is 29.9. The standard InChI is InChI=1S/C17H16BrN3O2S2/c18-15-6-5-12(25-15)10-24-8-7-19-16(22)9-21-11-20-14-4-2-1-3-13(14)17(21)23/h1-6,11H,7-10H2,(H,19,22). The molecule has 0 atom stereocenters. The summed E-state index contributed by atoms with van der Waals surface area (Å²) < 4.78 is 2.47. The van der Waals surface area contributed by atoms with E-state index in [4.69, 9.17) is 0 Å². The first kappa shape index (κ1) is 18.2. The molecule has 0 fully saturated rings. The number of halogens is 1. The van der Waals surface area contributed by atoms with Crippen molar-refractivity contribution < 1.29 is 4.79 Å². The molecule has 0 saturated carbocycles. The van der Waals surface area contributed by atoms with Gasteiger partial charge < -0.3 is 5.32 Å². The second kappa shape index (κ2) is 8.64. The molecule has 0 bridgehead atoms. The van der Waals surface area contributed by atoms with E-state index in [9.17, 15) is 9.59 Å². The van der Waals surface area contributed by atoms with Crippen LogP contribution in [0.15, 0.2) is 51.3 Å². The molecule has 2 aromatic heterocycles. The number of hydrogen-bond donors (Lipinski definition) is 1. The van der Waals surface area contributed by atoms with Crippen molar-refractivity contribution in [3.63, 3.8) is 0 Å². The molecule has 0 aliphatic rings. The van der Waals surface area contributed by atoms with E-state index in [0.717, 1.165) is 15.3 Å². The summed E-state index contributed by atoms with van der Waals surface area (Å²) in [7, 11) is 0. The van der Waals surface area contributed by atoms with Crippen molar-refractivity contribution in [2.45, 2.75) is 12.3 Å². The van der Waals surface area contributed by atoms with Gasteiger partial charge in [0.1, 0.15) is 6.54 Å². The normalized spacial score (nSPS) is 10.9. The fraction of sp³-hybridized carbons (Fsp3) is 0.235.